The number of rotatable bonds is 6. The molecule has 1 aliphatic carbocycles. The second kappa shape index (κ2) is 10.3. The van der Waals surface area contributed by atoms with Crippen molar-refractivity contribution in [3.8, 4) is 0 Å². The van der Waals surface area contributed by atoms with Crippen molar-refractivity contribution in [2.45, 2.75) is 39.3 Å². The molecule has 9 heteroatoms. The summed E-state index contributed by atoms with van der Waals surface area (Å²) in [5.41, 5.74) is 2.62. The number of anilines is 2. The van der Waals surface area contributed by atoms with Crippen LogP contribution in [0.4, 0.5) is 11.6 Å². The molecule has 5 heterocycles. The molecule has 3 aromatic rings. The summed E-state index contributed by atoms with van der Waals surface area (Å²) >= 11 is 1.87. The molecule has 6 rings (SSSR count). The van der Waals surface area contributed by atoms with Crippen LogP contribution in [0.25, 0.3) is 10.2 Å². The molecule has 2 aliphatic heterocycles. The van der Waals surface area contributed by atoms with Crippen molar-refractivity contribution in [2.75, 3.05) is 62.8 Å². The van der Waals surface area contributed by atoms with Crippen LogP contribution in [0.3, 0.4) is 0 Å². The van der Waals surface area contributed by atoms with Crippen LogP contribution in [0.5, 0.6) is 0 Å². The third-order valence-corrected chi connectivity index (χ3v) is 8.42. The lowest BCUT2D eigenvalue weighted by Crippen LogP contribution is -2.36. The number of nitrogens with one attached hydrogen (secondary N) is 1. The van der Waals surface area contributed by atoms with Crippen molar-refractivity contribution in [1.82, 2.24) is 19.9 Å². The maximum Gasteiger partial charge on any atom is 0.146 e. The summed E-state index contributed by atoms with van der Waals surface area (Å²) in [6.07, 6.45) is 5.49. The van der Waals surface area contributed by atoms with Gasteiger partial charge in [-0.25, -0.2) is 15.0 Å². The third-order valence-electron chi connectivity index (χ3n) is 7.27. The lowest BCUT2D eigenvalue weighted by Gasteiger charge is -2.27. The molecule has 2 fully saturated rings. The van der Waals surface area contributed by atoms with Crippen molar-refractivity contribution in [3.05, 3.63) is 40.2 Å². The zero-order chi connectivity index (χ0) is 23.6. The second-order valence-electron chi connectivity index (χ2n) is 9.89. The van der Waals surface area contributed by atoms with Gasteiger partial charge in [-0.05, 0) is 42.4 Å². The number of hydrogen-bond donors (Lipinski definition) is 1. The number of aromatic nitrogens is 3. The Balaban J connectivity index is 1.25. The molecule has 0 aromatic carbocycles. The number of ether oxygens (including phenoxy) is 2. The molecular weight excluding hydrogens is 460 g/mol. The summed E-state index contributed by atoms with van der Waals surface area (Å²) in [7, 11) is 0. The van der Waals surface area contributed by atoms with Gasteiger partial charge >= 0.3 is 0 Å². The molecule has 8 nitrogen and oxygen atoms in total. The summed E-state index contributed by atoms with van der Waals surface area (Å²) < 4.78 is 11.0. The van der Waals surface area contributed by atoms with Crippen molar-refractivity contribution in [3.63, 3.8) is 0 Å². The number of pyridine rings is 1. The molecule has 0 unspecified atom stereocenters. The fraction of sp³-hybridized carbons (Fsp3) is 0.577. The molecule has 2 saturated heterocycles. The first-order valence-corrected chi connectivity index (χ1v) is 13.7. The minimum Gasteiger partial charge on any atom is -0.379 e. The van der Waals surface area contributed by atoms with E-state index < -0.39 is 0 Å². The number of aryl methyl sites for hydroxylation is 1. The monoisotopic (exact) mass is 494 g/mol. The van der Waals surface area contributed by atoms with E-state index in [0.29, 0.717) is 6.54 Å². The molecular formula is C26H34N6O2S. The van der Waals surface area contributed by atoms with Crippen LogP contribution < -0.4 is 10.2 Å². The normalized spacial score (nSPS) is 21.3. The highest BCUT2D eigenvalue weighted by Crippen LogP contribution is 2.40. The van der Waals surface area contributed by atoms with E-state index in [1.807, 2.05) is 17.5 Å². The van der Waals surface area contributed by atoms with Gasteiger partial charge in [-0.3, -0.25) is 4.90 Å². The first kappa shape index (κ1) is 23.1. The Morgan fingerprint density at radius 1 is 1.06 bits per heavy atom. The lowest BCUT2D eigenvalue weighted by molar-refractivity contribution is 0.0331. The molecule has 3 aliphatic rings. The lowest BCUT2D eigenvalue weighted by atomic mass is 9.89. The predicted octanol–water partition coefficient (Wildman–Crippen LogP) is 3.49. The smallest absolute Gasteiger partial charge is 0.146 e. The molecule has 0 saturated carbocycles. The minimum absolute atomic E-state index is 0.695. The van der Waals surface area contributed by atoms with Gasteiger partial charge in [-0.15, -0.1) is 11.3 Å². The van der Waals surface area contributed by atoms with E-state index >= 15 is 0 Å². The topological polar surface area (TPSA) is 75.6 Å². The summed E-state index contributed by atoms with van der Waals surface area (Å²) in [4.78, 5) is 22.1. The Hall–Kier alpha value is -2.33. The maximum absolute atomic E-state index is 5.52. The van der Waals surface area contributed by atoms with Gasteiger partial charge < -0.3 is 19.7 Å². The van der Waals surface area contributed by atoms with Gasteiger partial charge in [0, 0.05) is 43.8 Å². The fourth-order valence-electron chi connectivity index (χ4n) is 5.23. The summed E-state index contributed by atoms with van der Waals surface area (Å²) in [5, 5.41) is 4.90. The van der Waals surface area contributed by atoms with E-state index in [1.165, 1.54) is 22.2 Å². The Labute approximate surface area is 210 Å². The first-order valence-electron chi connectivity index (χ1n) is 12.9. The van der Waals surface area contributed by atoms with Crippen LogP contribution in [-0.4, -0.2) is 72.5 Å². The van der Waals surface area contributed by atoms with Crippen molar-refractivity contribution in [2.24, 2.45) is 5.92 Å². The van der Waals surface area contributed by atoms with E-state index in [9.17, 15) is 0 Å². The molecule has 0 radical (unpaired) electrons. The Morgan fingerprint density at radius 2 is 1.86 bits per heavy atom. The van der Waals surface area contributed by atoms with Crippen LogP contribution in [0.1, 0.15) is 35.2 Å². The minimum atomic E-state index is 0.695. The van der Waals surface area contributed by atoms with Gasteiger partial charge in [0.05, 0.1) is 38.4 Å². The zero-order valence-corrected chi connectivity index (χ0v) is 21.3. The Kier molecular flexibility index (Phi) is 6.82. The van der Waals surface area contributed by atoms with Crippen molar-refractivity contribution >= 4 is 33.2 Å². The molecule has 186 valence electrons. The van der Waals surface area contributed by atoms with Gasteiger partial charge in [0.25, 0.3) is 0 Å². The standard InChI is InChI=1S/C26H34N6O2S/c1-18-2-4-20-21(14-18)35-26-24(20)25(29-22(30-26)17-31-6-10-33-11-7-31)28-16-19-3-5-23(27-15-19)32-8-12-34-13-9-32/h3,5,15,18H,2,4,6-14,16-17H2,1H3,(H,28,29,30)/t18-/m1/s1. The SMILES string of the molecule is C[C@@H]1CCc2c(sc3nc(CN4CCOCC4)nc(NCc4ccc(N5CCOCC5)nc4)c23)C1. The van der Waals surface area contributed by atoms with Gasteiger partial charge in [-0.1, -0.05) is 13.0 Å². The van der Waals surface area contributed by atoms with Gasteiger partial charge in [0.2, 0.25) is 0 Å². The predicted molar refractivity (Wildman–Crippen MR) is 139 cm³/mol. The Bertz CT molecular complexity index is 1150. The molecule has 3 aromatic heterocycles. The number of nitrogens with zero attached hydrogens (tertiary/aromatic N) is 5. The molecule has 1 atom stereocenters. The number of thiophene rings is 1. The molecule has 1 N–H and O–H groups in total. The highest BCUT2D eigenvalue weighted by molar-refractivity contribution is 7.19. The van der Waals surface area contributed by atoms with Crippen LogP contribution in [0.2, 0.25) is 0 Å². The summed E-state index contributed by atoms with van der Waals surface area (Å²) in [6.45, 7) is 10.6. The van der Waals surface area contributed by atoms with Crippen LogP contribution in [-0.2, 0) is 35.4 Å². The fourth-order valence-corrected chi connectivity index (χ4v) is 6.63. The number of fused-ring (bicyclic) bond motifs is 3. The van der Waals surface area contributed by atoms with E-state index in [2.05, 4.69) is 34.2 Å². The highest BCUT2D eigenvalue weighted by atomic mass is 32.1. The van der Waals surface area contributed by atoms with Crippen LogP contribution in [0.15, 0.2) is 18.3 Å². The second-order valence-corrected chi connectivity index (χ2v) is 11.0. The van der Waals surface area contributed by atoms with E-state index in [0.717, 1.165) is 106 Å². The highest BCUT2D eigenvalue weighted by Gasteiger charge is 2.24. The largest absolute Gasteiger partial charge is 0.379 e. The van der Waals surface area contributed by atoms with Gasteiger partial charge in [0.1, 0.15) is 22.3 Å². The molecule has 0 amide bonds. The summed E-state index contributed by atoms with van der Waals surface area (Å²) in [5.74, 6) is 3.64. The van der Waals surface area contributed by atoms with Crippen LogP contribution in [0, 0.1) is 5.92 Å². The van der Waals surface area contributed by atoms with Gasteiger partial charge in [-0.2, -0.15) is 0 Å². The van der Waals surface area contributed by atoms with Crippen molar-refractivity contribution in [1.29, 1.82) is 0 Å². The van der Waals surface area contributed by atoms with E-state index in [1.54, 1.807) is 0 Å². The zero-order valence-electron chi connectivity index (χ0n) is 20.5. The van der Waals surface area contributed by atoms with Crippen LogP contribution >= 0.6 is 11.3 Å². The third kappa shape index (κ3) is 5.14. The quantitative estimate of drug-likeness (QED) is 0.558. The van der Waals surface area contributed by atoms with Crippen molar-refractivity contribution < 1.29 is 9.47 Å². The maximum atomic E-state index is 5.52. The first-order chi connectivity index (χ1) is 17.2. The van der Waals surface area contributed by atoms with Gasteiger partial charge in [0.15, 0.2) is 0 Å². The number of morpholine rings is 2. The molecule has 0 spiro atoms. The molecule has 35 heavy (non-hydrogen) atoms. The number of hydrogen-bond acceptors (Lipinski definition) is 9. The summed E-state index contributed by atoms with van der Waals surface area (Å²) in [6, 6.07) is 4.29. The molecule has 0 bridgehead atoms. The average molecular weight is 495 g/mol. The Morgan fingerprint density at radius 3 is 2.63 bits per heavy atom. The van der Waals surface area contributed by atoms with E-state index in [-0.39, 0.29) is 0 Å². The van der Waals surface area contributed by atoms with E-state index in [4.69, 9.17) is 24.4 Å². The average Bonchev–Trinajstić information content (AvgIpc) is 3.26.